The first kappa shape index (κ1) is 61.6. The van der Waals surface area contributed by atoms with Crippen molar-refractivity contribution >= 4 is 30.0 Å². The largest absolute Gasteiger partial charge is 0.509 e. The number of aliphatic hydroxyl groups excluding tert-OH is 1. The molecule has 1 aliphatic rings. The van der Waals surface area contributed by atoms with Crippen molar-refractivity contribution in [2.75, 3.05) is 52.9 Å². The fourth-order valence-electron chi connectivity index (χ4n) is 7.97. The molecule has 1 atom stereocenters. The maximum atomic E-state index is 13.0. The number of carbonyl (C=O) groups excluding carboxylic acids is 5. The van der Waals surface area contributed by atoms with Crippen molar-refractivity contribution in [3.63, 3.8) is 0 Å². The Hall–Kier alpha value is -3.45. The second-order valence-electron chi connectivity index (χ2n) is 18.5. The van der Waals surface area contributed by atoms with Crippen LogP contribution in [-0.2, 0) is 47.6 Å². The van der Waals surface area contributed by atoms with E-state index in [1.807, 2.05) is 4.90 Å². The summed E-state index contributed by atoms with van der Waals surface area (Å²) in [5, 5.41) is 9.54. The van der Waals surface area contributed by atoms with E-state index in [4.69, 9.17) is 28.4 Å². The van der Waals surface area contributed by atoms with Crippen LogP contribution < -0.4 is 0 Å². The molecule has 0 heterocycles. The fourth-order valence-corrected chi connectivity index (χ4v) is 7.97. The molecular formula is C54H95NO12. The number of aliphatic hydroxyl groups is 1. The summed E-state index contributed by atoms with van der Waals surface area (Å²) < 4.78 is 33.1. The molecule has 0 aromatic carbocycles. The summed E-state index contributed by atoms with van der Waals surface area (Å²) in [6.07, 6.45) is 36.3. The van der Waals surface area contributed by atoms with Gasteiger partial charge in [0.05, 0.1) is 25.7 Å². The predicted octanol–water partition coefficient (Wildman–Crippen LogP) is 12.4. The molecule has 1 N–H and O–H groups in total. The van der Waals surface area contributed by atoms with E-state index in [0.717, 1.165) is 135 Å². The summed E-state index contributed by atoms with van der Waals surface area (Å²) in [6, 6.07) is 0.238. The third-order valence-electron chi connectivity index (χ3n) is 12.2. The summed E-state index contributed by atoms with van der Waals surface area (Å²) in [5.74, 6) is -2.28. The zero-order valence-corrected chi connectivity index (χ0v) is 42.5. The number of nitrogens with zero attached hydrogens (tertiary/aromatic N) is 1. The monoisotopic (exact) mass is 950 g/mol. The highest BCUT2D eigenvalue weighted by molar-refractivity contribution is 5.70. The number of unbranched alkanes of at least 4 members (excludes halogenated alkanes) is 16. The molecule has 0 amide bonds. The van der Waals surface area contributed by atoms with Gasteiger partial charge in [0, 0.05) is 44.2 Å². The van der Waals surface area contributed by atoms with Gasteiger partial charge in [-0.25, -0.2) is 4.79 Å². The van der Waals surface area contributed by atoms with Gasteiger partial charge in [0.15, 0.2) is 0 Å². The molecule has 1 aliphatic carbocycles. The van der Waals surface area contributed by atoms with Gasteiger partial charge in [-0.2, -0.15) is 0 Å². The third kappa shape index (κ3) is 38.1. The first-order valence-corrected chi connectivity index (χ1v) is 26.8. The first-order chi connectivity index (χ1) is 32.7. The van der Waals surface area contributed by atoms with Gasteiger partial charge in [0.25, 0.3) is 0 Å². The smallest absolute Gasteiger partial charge is 0.465 e. The Morgan fingerprint density at radius 1 is 0.493 bits per heavy atom. The van der Waals surface area contributed by atoms with Crippen LogP contribution in [0.15, 0.2) is 24.3 Å². The van der Waals surface area contributed by atoms with E-state index in [9.17, 15) is 29.1 Å². The van der Waals surface area contributed by atoms with Gasteiger partial charge >= 0.3 is 30.0 Å². The number of ether oxygens (including phenoxy) is 6. The van der Waals surface area contributed by atoms with Crippen molar-refractivity contribution in [3.05, 3.63) is 24.3 Å². The van der Waals surface area contributed by atoms with Gasteiger partial charge in [-0.05, 0) is 77.0 Å². The van der Waals surface area contributed by atoms with Gasteiger partial charge < -0.3 is 33.5 Å². The molecule has 0 aliphatic heterocycles. The van der Waals surface area contributed by atoms with Gasteiger partial charge in [0.1, 0.15) is 26.6 Å². The molecule has 0 aromatic heterocycles. The summed E-state index contributed by atoms with van der Waals surface area (Å²) >= 11 is 0. The van der Waals surface area contributed by atoms with E-state index in [1.165, 1.54) is 19.3 Å². The first-order valence-electron chi connectivity index (χ1n) is 26.8. The van der Waals surface area contributed by atoms with Crippen molar-refractivity contribution in [2.45, 2.75) is 226 Å². The summed E-state index contributed by atoms with van der Waals surface area (Å²) in [7, 11) is 0. The Balaban J connectivity index is 2.65. The van der Waals surface area contributed by atoms with Crippen molar-refractivity contribution in [1.29, 1.82) is 0 Å². The number of carbonyl (C=O) groups is 5. The quantitative estimate of drug-likeness (QED) is 0.0202. The normalized spacial score (nSPS) is 13.5. The van der Waals surface area contributed by atoms with Gasteiger partial charge in [-0.15, -0.1) is 0 Å². The Labute approximate surface area is 406 Å². The molecule has 388 valence electrons. The molecule has 1 saturated carbocycles. The highest BCUT2D eigenvalue weighted by Gasteiger charge is 2.24. The summed E-state index contributed by atoms with van der Waals surface area (Å²) in [6.45, 7) is 6.60. The molecule has 0 aromatic rings. The lowest BCUT2D eigenvalue weighted by molar-refractivity contribution is -0.152. The maximum absolute atomic E-state index is 13.0. The average molecular weight is 950 g/mol. The van der Waals surface area contributed by atoms with Crippen LogP contribution in [0.5, 0.6) is 0 Å². The second kappa shape index (κ2) is 45.0. The molecule has 1 rings (SSSR count). The standard InChI is InChI=1S/C54H95NO12/c1-4-7-10-13-14-15-16-17-18-19-20-21-22-25-28-37-52(59)64-43-48(45-66-54(61)67-46-55(39-40-56)49-33-29-30-34-49)44-65-53(60)38-31-32-47(41-62-50(57)35-26-23-11-8-5-2)42-63-51(58)36-27-24-12-9-6-3/h14-15,17-18,47-49,56H,4-13,16,19-46H2,1-3H3/b15-14-,18-17-. The number of hydrogen-bond donors (Lipinski definition) is 1. The molecule has 67 heavy (non-hydrogen) atoms. The number of hydrogen-bond acceptors (Lipinski definition) is 13. The molecule has 0 saturated heterocycles. The lowest BCUT2D eigenvalue weighted by Crippen LogP contribution is -2.38. The topological polar surface area (TPSA) is 164 Å². The van der Waals surface area contributed by atoms with Gasteiger partial charge in [-0.3, -0.25) is 24.1 Å². The van der Waals surface area contributed by atoms with Crippen LogP contribution in [0.4, 0.5) is 4.79 Å². The van der Waals surface area contributed by atoms with Crippen LogP contribution in [0.3, 0.4) is 0 Å². The molecule has 1 unspecified atom stereocenters. The minimum atomic E-state index is -0.894. The number of allylic oxidation sites excluding steroid dienone is 4. The Morgan fingerprint density at radius 2 is 0.896 bits per heavy atom. The summed E-state index contributed by atoms with van der Waals surface area (Å²) in [4.78, 5) is 65.3. The molecule has 0 spiro atoms. The van der Waals surface area contributed by atoms with Gasteiger partial charge in [0.2, 0.25) is 0 Å². The number of esters is 4. The minimum absolute atomic E-state index is 0.0102. The van der Waals surface area contributed by atoms with E-state index in [-0.39, 0.29) is 89.1 Å². The lowest BCUT2D eigenvalue weighted by Gasteiger charge is -2.27. The molecule has 1 fully saturated rings. The van der Waals surface area contributed by atoms with Crippen molar-refractivity contribution in [1.82, 2.24) is 4.90 Å². The zero-order valence-electron chi connectivity index (χ0n) is 42.5. The van der Waals surface area contributed by atoms with Crippen LogP contribution in [0.1, 0.15) is 220 Å². The molecular weight excluding hydrogens is 855 g/mol. The van der Waals surface area contributed by atoms with Crippen LogP contribution in [0, 0.1) is 11.8 Å². The van der Waals surface area contributed by atoms with E-state index in [2.05, 4.69) is 45.1 Å². The Morgan fingerprint density at radius 3 is 1.39 bits per heavy atom. The van der Waals surface area contributed by atoms with Crippen LogP contribution in [0.25, 0.3) is 0 Å². The van der Waals surface area contributed by atoms with Crippen LogP contribution in [0.2, 0.25) is 0 Å². The average Bonchev–Trinajstić information content (AvgIpc) is 3.87. The van der Waals surface area contributed by atoms with Crippen molar-refractivity contribution < 1.29 is 57.5 Å². The van der Waals surface area contributed by atoms with E-state index >= 15 is 0 Å². The highest BCUT2D eigenvalue weighted by Crippen LogP contribution is 2.23. The minimum Gasteiger partial charge on any atom is -0.465 e. The third-order valence-corrected chi connectivity index (χ3v) is 12.2. The molecule has 0 radical (unpaired) electrons. The predicted molar refractivity (Wildman–Crippen MR) is 264 cm³/mol. The highest BCUT2D eigenvalue weighted by atomic mass is 16.7. The molecule has 13 nitrogen and oxygen atoms in total. The zero-order chi connectivity index (χ0) is 48.8. The fraction of sp³-hybridized carbons (Fsp3) is 0.833. The lowest BCUT2D eigenvalue weighted by atomic mass is 10.0. The van der Waals surface area contributed by atoms with E-state index in [1.54, 1.807) is 0 Å². The van der Waals surface area contributed by atoms with E-state index < -0.39 is 18.0 Å². The maximum Gasteiger partial charge on any atom is 0.509 e. The van der Waals surface area contributed by atoms with Gasteiger partial charge in [-0.1, -0.05) is 141 Å². The van der Waals surface area contributed by atoms with Crippen LogP contribution in [-0.4, -0.2) is 99.0 Å². The summed E-state index contributed by atoms with van der Waals surface area (Å²) in [5.41, 5.74) is 0. The molecule has 0 bridgehead atoms. The van der Waals surface area contributed by atoms with Crippen molar-refractivity contribution in [3.8, 4) is 0 Å². The van der Waals surface area contributed by atoms with Crippen LogP contribution >= 0.6 is 0 Å². The number of rotatable bonds is 45. The Kier molecular flexibility index (Phi) is 41.4. The second-order valence-corrected chi connectivity index (χ2v) is 18.5. The SMILES string of the molecule is CCCCC/C=C\C/C=C\CCCCCCCC(=O)OCC(COC(=O)CCCC(COC(=O)CCCCCCC)COC(=O)CCCCCCC)COC(=O)OCN(CCO)C1CCCC1. The molecule has 13 heteroatoms. The van der Waals surface area contributed by atoms with E-state index in [0.29, 0.717) is 38.6 Å². The Bertz CT molecular complexity index is 1270. The van der Waals surface area contributed by atoms with Crippen molar-refractivity contribution in [2.24, 2.45) is 11.8 Å².